The number of methoxy groups -OCH3 is 1. The van der Waals surface area contributed by atoms with Gasteiger partial charge in [-0.3, -0.25) is 11.3 Å². The maximum absolute atomic E-state index is 6.12. The first-order valence-electron chi connectivity index (χ1n) is 5.56. The Bertz CT molecular complexity index is 498. The van der Waals surface area contributed by atoms with Gasteiger partial charge in [-0.1, -0.05) is 23.7 Å². The first-order chi connectivity index (χ1) is 8.74. The van der Waals surface area contributed by atoms with E-state index in [1.165, 1.54) is 5.56 Å². The number of nitrogens with one attached hydrogen (secondary N) is 1. The Balaban J connectivity index is 2.13. The molecule has 0 fully saturated rings. The standard InChI is InChI=1S/C13H15ClN2OS/c1-17-10-4-2-9(3-5-10)8-12(16-15)13-11(14)6-7-18-13/h2-7,12,16H,8,15H2,1H3. The highest BCUT2D eigenvalue weighted by atomic mass is 35.5. The largest absolute Gasteiger partial charge is 0.497 e. The fraction of sp³-hybridized carbons (Fsp3) is 0.231. The highest BCUT2D eigenvalue weighted by molar-refractivity contribution is 7.10. The van der Waals surface area contributed by atoms with Crippen molar-refractivity contribution in [2.75, 3.05) is 7.11 Å². The molecule has 0 aliphatic heterocycles. The Morgan fingerprint density at radius 1 is 1.33 bits per heavy atom. The average molecular weight is 283 g/mol. The number of rotatable bonds is 5. The molecule has 5 heteroatoms. The number of benzene rings is 1. The summed E-state index contributed by atoms with van der Waals surface area (Å²) in [6.45, 7) is 0. The van der Waals surface area contributed by atoms with Crippen LogP contribution in [0, 0.1) is 0 Å². The minimum atomic E-state index is 0.0332. The maximum Gasteiger partial charge on any atom is 0.118 e. The molecule has 18 heavy (non-hydrogen) atoms. The summed E-state index contributed by atoms with van der Waals surface area (Å²) in [5.74, 6) is 6.46. The van der Waals surface area contributed by atoms with E-state index in [9.17, 15) is 0 Å². The van der Waals surface area contributed by atoms with E-state index in [2.05, 4.69) is 5.43 Å². The van der Waals surface area contributed by atoms with E-state index in [1.807, 2.05) is 35.7 Å². The summed E-state index contributed by atoms with van der Waals surface area (Å²) >= 11 is 7.73. The lowest BCUT2D eigenvalue weighted by Gasteiger charge is -2.15. The lowest BCUT2D eigenvalue weighted by Crippen LogP contribution is -2.29. The maximum atomic E-state index is 6.12. The van der Waals surface area contributed by atoms with Crippen LogP contribution in [0.25, 0.3) is 0 Å². The van der Waals surface area contributed by atoms with E-state index >= 15 is 0 Å². The van der Waals surface area contributed by atoms with Crippen molar-refractivity contribution in [3.8, 4) is 5.75 Å². The second-order valence-corrected chi connectivity index (χ2v) is 5.26. The van der Waals surface area contributed by atoms with Crippen LogP contribution in [0.15, 0.2) is 35.7 Å². The van der Waals surface area contributed by atoms with E-state index in [1.54, 1.807) is 18.4 Å². The van der Waals surface area contributed by atoms with Crippen molar-refractivity contribution in [1.29, 1.82) is 0 Å². The van der Waals surface area contributed by atoms with Crippen LogP contribution in [0.2, 0.25) is 5.02 Å². The van der Waals surface area contributed by atoms with Gasteiger partial charge in [0, 0.05) is 4.88 Å². The number of halogens is 1. The summed E-state index contributed by atoms with van der Waals surface area (Å²) in [6.07, 6.45) is 0.792. The van der Waals surface area contributed by atoms with Crippen LogP contribution >= 0.6 is 22.9 Å². The molecule has 0 saturated carbocycles. The Hall–Kier alpha value is -1.07. The van der Waals surface area contributed by atoms with E-state index in [4.69, 9.17) is 22.2 Å². The van der Waals surface area contributed by atoms with Gasteiger partial charge in [0.2, 0.25) is 0 Å². The number of hydrogen-bond acceptors (Lipinski definition) is 4. The highest BCUT2D eigenvalue weighted by Gasteiger charge is 2.15. The summed E-state index contributed by atoms with van der Waals surface area (Å²) in [5.41, 5.74) is 4.00. The molecular formula is C13H15ClN2OS. The van der Waals surface area contributed by atoms with Crippen LogP contribution in [-0.2, 0) is 6.42 Å². The molecule has 1 atom stereocenters. The summed E-state index contributed by atoms with van der Waals surface area (Å²) in [5, 5.41) is 2.73. The fourth-order valence-corrected chi connectivity index (χ4v) is 3.03. The number of hydrogen-bond donors (Lipinski definition) is 2. The van der Waals surface area contributed by atoms with Gasteiger partial charge in [-0.2, -0.15) is 0 Å². The van der Waals surface area contributed by atoms with Gasteiger partial charge >= 0.3 is 0 Å². The topological polar surface area (TPSA) is 47.3 Å². The molecule has 96 valence electrons. The molecule has 0 amide bonds. The number of thiophene rings is 1. The summed E-state index contributed by atoms with van der Waals surface area (Å²) in [7, 11) is 1.66. The predicted octanol–water partition coefficient (Wildman–Crippen LogP) is 3.16. The Morgan fingerprint density at radius 3 is 2.56 bits per heavy atom. The molecule has 1 aromatic carbocycles. The summed E-state index contributed by atoms with van der Waals surface area (Å²) < 4.78 is 5.13. The second kappa shape index (κ2) is 6.20. The van der Waals surface area contributed by atoms with E-state index in [0.29, 0.717) is 0 Å². The molecule has 1 heterocycles. The van der Waals surface area contributed by atoms with Crippen molar-refractivity contribution >= 4 is 22.9 Å². The van der Waals surface area contributed by atoms with E-state index in [-0.39, 0.29) is 6.04 Å². The second-order valence-electron chi connectivity index (χ2n) is 3.90. The third-order valence-electron chi connectivity index (χ3n) is 2.76. The Morgan fingerprint density at radius 2 is 2.06 bits per heavy atom. The van der Waals surface area contributed by atoms with Crippen LogP contribution < -0.4 is 16.0 Å². The quantitative estimate of drug-likeness (QED) is 0.654. The van der Waals surface area contributed by atoms with Gasteiger partial charge in [-0.05, 0) is 35.6 Å². The van der Waals surface area contributed by atoms with Crippen LogP contribution in [0.3, 0.4) is 0 Å². The molecule has 0 aliphatic rings. The molecule has 2 aromatic rings. The zero-order valence-electron chi connectivity index (χ0n) is 10.0. The molecule has 0 radical (unpaired) electrons. The van der Waals surface area contributed by atoms with Gasteiger partial charge in [-0.25, -0.2) is 0 Å². The number of hydrazine groups is 1. The molecule has 3 nitrogen and oxygen atoms in total. The van der Waals surface area contributed by atoms with Crippen molar-refractivity contribution in [3.05, 3.63) is 51.2 Å². The normalized spacial score (nSPS) is 12.4. The van der Waals surface area contributed by atoms with Crippen molar-refractivity contribution in [3.63, 3.8) is 0 Å². The van der Waals surface area contributed by atoms with Gasteiger partial charge in [0.25, 0.3) is 0 Å². The lowest BCUT2D eigenvalue weighted by atomic mass is 10.1. The number of nitrogens with two attached hydrogens (primary N) is 1. The fourth-order valence-electron chi connectivity index (χ4n) is 1.78. The van der Waals surface area contributed by atoms with Gasteiger partial charge in [-0.15, -0.1) is 11.3 Å². The SMILES string of the molecule is COc1ccc(CC(NN)c2sccc2Cl)cc1. The average Bonchev–Trinajstić information content (AvgIpc) is 2.83. The first kappa shape index (κ1) is 13.4. The highest BCUT2D eigenvalue weighted by Crippen LogP contribution is 2.30. The zero-order valence-corrected chi connectivity index (χ0v) is 11.6. The molecule has 2 rings (SSSR count). The van der Waals surface area contributed by atoms with Gasteiger partial charge in [0.1, 0.15) is 5.75 Å². The third-order valence-corrected chi connectivity index (χ3v) is 4.23. The van der Waals surface area contributed by atoms with E-state index in [0.717, 1.165) is 22.1 Å². The first-order valence-corrected chi connectivity index (χ1v) is 6.82. The zero-order chi connectivity index (χ0) is 13.0. The predicted molar refractivity (Wildman–Crippen MR) is 76.1 cm³/mol. The summed E-state index contributed by atoms with van der Waals surface area (Å²) in [4.78, 5) is 1.06. The molecule has 1 unspecified atom stereocenters. The molecular weight excluding hydrogens is 268 g/mol. The molecule has 0 spiro atoms. The van der Waals surface area contributed by atoms with Crippen LogP contribution in [0.5, 0.6) is 5.75 Å². The van der Waals surface area contributed by atoms with Crippen molar-refractivity contribution < 1.29 is 4.74 Å². The molecule has 1 aromatic heterocycles. The molecule has 0 aliphatic carbocycles. The third kappa shape index (κ3) is 3.03. The van der Waals surface area contributed by atoms with Crippen molar-refractivity contribution in [2.45, 2.75) is 12.5 Å². The lowest BCUT2D eigenvalue weighted by molar-refractivity contribution is 0.414. The minimum Gasteiger partial charge on any atom is -0.497 e. The Labute approximate surface area is 116 Å². The Kier molecular flexibility index (Phi) is 4.60. The van der Waals surface area contributed by atoms with Crippen molar-refractivity contribution in [2.24, 2.45) is 5.84 Å². The smallest absolute Gasteiger partial charge is 0.118 e. The molecule has 3 N–H and O–H groups in total. The van der Waals surface area contributed by atoms with E-state index < -0.39 is 0 Å². The molecule has 0 saturated heterocycles. The molecule has 0 bridgehead atoms. The van der Waals surface area contributed by atoms with Crippen LogP contribution in [0.1, 0.15) is 16.5 Å². The van der Waals surface area contributed by atoms with Crippen molar-refractivity contribution in [1.82, 2.24) is 5.43 Å². The van der Waals surface area contributed by atoms with Gasteiger partial charge in [0.15, 0.2) is 0 Å². The van der Waals surface area contributed by atoms with Crippen LogP contribution in [0.4, 0.5) is 0 Å². The minimum absolute atomic E-state index is 0.0332. The van der Waals surface area contributed by atoms with Crippen LogP contribution in [-0.4, -0.2) is 7.11 Å². The van der Waals surface area contributed by atoms with Gasteiger partial charge < -0.3 is 4.74 Å². The van der Waals surface area contributed by atoms with Gasteiger partial charge in [0.05, 0.1) is 18.2 Å². The monoisotopic (exact) mass is 282 g/mol. The number of ether oxygens (including phenoxy) is 1. The summed E-state index contributed by atoms with van der Waals surface area (Å²) in [6, 6.07) is 9.87.